The number of guanidine groups is 1. The Morgan fingerprint density at radius 2 is 2.11 bits per heavy atom. The predicted octanol–water partition coefficient (Wildman–Crippen LogP) is 0.483. The molecule has 0 aromatic heterocycles. The van der Waals surface area contributed by atoms with Gasteiger partial charge in [-0.1, -0.05) is 0 Å². The topological polar surface area (TPSA) is 63.2 Å². The zero-order valence-corrected chi connectivity index (χ0v) is 12.1. The molecule has 110 valence electrons. The lowest BCUT2D eigenvalue weighted by molar-refractivity contribution is -0.146. The number of carbonyl (C=O) groups is 1. The van der Waals surface area contributed by atoms with Gasteiger partial charge >= 0.3 is 5.97 Å². The van der Waals surface area contributed by atoms with Gasteiger partial charge < -0.3 is 19.7 Å². The van der Waals surface area contributed by atoms with Crippen molar-refractivity contribution in [3.8, 4) is 0 Å². The molecule has 0 radical (unpaired) electrons. The summed E-state index contributed by atoms with van der Waals surface area (Å²) in [5, 5.41) is 3.27. The maximum absolute atomic E-state index is 11.5. The van der Waals surface area contributed by atoms with Gasteiger partial charge in [0.15, 0.2) is 5.96 Å². The van der Waals surface area contributed by atoms with Crippen LogP contribution in [0.25, 0.3) is 0 Å². The Labute approximate surface area is 115 Å². The number of nitrogens with zero attached hydrogens (tertiary/aromatic N) is 2. The summed E-state index contributed by atoms with van der Waals surface area (Å²) in [4.78, 5) is 17.9. The Morgan fingerprint density at radius 3 is 2.63 bits per heavy atom. The molecule has 0 spiro atoms. The van der Waals surface area contributed by atoms with E-state index in [1.165, 1.54) is 7.11 Å². The van der Waals surface area contributed by atoms with Gasteiger partial charge in [0.05, 0.1) is 19.6 Å². The molecule has 6 nitrogen and oxygen atoms in total. The Bertz CT molecular complexity index is 300. The number of carbonyl (C=O) groups excluding carboxylic acids is 1. The van der Waals surface area contributed by atoms with Crippen molar-refractivity contribution < 1.29 is 14.3 Å². The van der Waals surface area contributed by atoms with Crippen LogP contribution in [0.3, 0.4) is 0 Å². The molecule has 1 heterocycles. The van der Waals surface area contributed by atoms with Gasteiger partial charge in [0, 0.05) is 33.3 Å². The van der Waals surface area contributed by atoms with Gasteiger partial charge in [0.1, 0.15) is 0 Å². The first-order valence-corrected chi connectivity index (χ1v) is 6.84. The van der Waals surface area contributed by atoms with Gasteiger partial charge in [0.25, 0.3) is 0 Å². The molecule has 0 bridgehead atoms. The molecule has 1 fully saturated rings. The summed E-state index contributed by atoms with van der Waals surface area (Å²) in [6.07, 6.45) is 1.64. The fourth-order valence-corrected chi connectivity index (χ4v) is 2.21. The van der Waals surface area contributed by atoms with Gasteiger partial charge in [-0.05, 0) is 19.8 Å². The van der Waals surface area contributed by atoms with Crippen molar-refractivity contribution in [1.29, 1.82) is 0 Å². The van der Waals surface area contributed by atoms with Crippen LogP contribution in [0.4, 0.5) is 0 Å². The third-order valence-corrected chi connectivity index (χ3v) is 3.27. The second kappa shape index (κ2) is 8.74. The number of piperidine rings is 1. The number of hydrogen-bond acceptors (Lipinski definition) is 4. The van der Waals surface area contributed by atoms with Crippen LogP contribution < -0.4 is 5.32 Å². The van der Waals surface area contributed by atoms with Crippen LogP contribution in [0.15, 0.2) is 4.99 Å². The van der Waals surface area contributed by atoms with Crippen LogP contribution in [-0.2, 0) is 14.3 Å². The van der Waals surface area contributed by atoms with Crippen LogP contribution in [0.1, 0.15) is 19.8 Å². The third-order valence-electron chi connectivity index (χ3n) is 3.27. The number of ether oxygens (including phenoxy) is 2. The van der Waals surface area contributed by atoms with E-state index >= 15 is 0 Å². The summed E-state index contributed by atoms with van der Waals surface area (Å²) in [5.41, 5.74) is 0. The van der Waals surface area contributed by atoms with Crippen molar-refractivity contribution in [3.05, 3.63) is 0 Å². The average Bonchev–Trinajstić information content (AvgIpc) is 2.47. The number of nitrogens with one attached hydrogen (secondary N) is 1. The third kappa shape index (κ3) is 5.06. The Kier molecular flexibility index (Phi) is 7.25. The first kappa shape index (κ1) is 15.8. The minimum Gasteiger partial charge on any atom is -0.469 e. The van der Waals surface area contributed by atoms with E-state index in [0.717, 1.165) is 45.0 Å². The molecular formula is C13H25N3O3. The van der Waals surface area contributed by atoms with Gasteiger partial charge in [-0.15, -0.1) is 0 Å². The SMILES string of the molecule is CCOCCNC(=NC)N1CCC(C(=O)OC)CC1. The quantitative estimate of drug-likeness (QED) is 0.341. The molecule has 1 rings (SSSR count). The lowest BCUT2D eigenvalue weighted by Gasteiger charge is -2.33. The van der Waals surface area contributed by atoms with Crippen molar-refractivity contribution >= 4 is 11.9 Å². The van der Waals surface area contributed by atoms with Crippen molar-refractivity contribution in [3.63, 3.8) is 0 Å². The second-order valence-electron chi connectivity index (χ2n) is 4.46. The minimum absolute atomic E-state index is 0.0304. The number of aliphatic imine (C=N–C) groups is 1. The summed E-state index contributed by atoms with van der Waals surface area (Å²) in [5.74, 6) is 0.810. The molecule has 1 N–H and O–H groups in total. The highest BCUT2D eigenvalue weighted by Crippen LogP contribution is 2.18. The minimum atomic E-state index is -0.0982. The van der Waals surface area contributed by atoms with E-state index in [0.29, 0.717) is 6.61 Å². The van der Waals surface area contributed by atoms with E-state index in [2.05, 4.69) is 15.2 Å². The van der Waals surface area contributed by atoms with Crippen LogP contribution in [0, 0.1) is 5.92 Å². The predicted molar refractivity (Wildman–Crippen MR) is 74.2 cm³/mol. The van der Waals surface area contributed by atoms with E-state index in [-0.39, 0.29) is 11.9 Å². The van der Waals surface area contributed by atoms with Crippen molar-refractivity contribution in [2.75, 3.05) is 47.0 Å². The maximum atomic E-state index is 11.5. The maximum Gasteiger partial charge on any atom is 0.308 e. The largest absolute Gasteiger partial charge is 0.469 e. The molecule has 19 heavy (non-hydrogen) atoms. The van der Waals surface area contributed by atoms with E-state index < -0.39 is 0 Å². The molecule has 0 saturated carbocycles. The summed E-state index contributed by atoms with van der Waals surface area (Å²) in [6, 6.07) is 0. The Morgan fingerprint density at radius 1 is 1.42 bits per heavy atom. The van der Waals surface area contributed by atoms with E-state index in [1.54, 1.807) is 7.05 Å². The highest BCUT2D eigenvalue weighted by Gasteiger charge is 2.26. The second-order valence-corrected chi connectivity index (χ2v) is 4.46. The molecule has 0 aromatic rings. The number of rotatable bonds is 5. The Balaban J connectivity index is 2.33. The molecule has 0 amide bonds. The highest BCUT2D eigenvalue weighted by atomic mass is 16.5. The fourth-order valence-electron chi connectivity index (χ4n) is 2.21. The van der Waals surface area contributed by atoms with E-state index in [9.17, 15) is 4.79 Å². The monoisotopic (exact) mass is 271 g/mol. The number of hydrogen-bond donors (Lipinski definition) is 1. The molecule has 1 aliphatic rings. The normalized spacial score (nSPS) is 17.4. The van der Waals surface area contributed by atoms with Crippen molar-refractivity contribution in [1.82, 2.24) is 10.2 Å². The summed E-state index contributed by atoms with van der Waals surface area (Å²) >= 11 is 0. The standard InChI is InChI=1S/C13H25N3O3/c1-4-19-10-7-15-13(14-2)16-8-5-11(6-9-16)12(17)18-3/h11H,4-10H2,1-3H3,(H,14,15). The molecule has 0 atom stereocenters. The Hall–Kier alpha value is -1.30. The fraction of sp³-hybridized carbons (Fsp3) is 0.846. The summed E-state index contributed by atoms with van der Waals surface area (Å²) in [6.45, 7) is 5.78. The molecule has 1 saturated heterocycles. The molecule has 0 aromatic carbocycles. The zero-order valence-electron chi connectivity index (χ0n) is 12.1. The average molecular weight is 271 g/mol. The van der Waals surface area contributed by atoms with Crippen LogP contribution in [0.2, 0.25) is 0 Å². The highest BCUT2D eigenvalue weighted by molar-refractivity contribution is 5.80. The number of esters is 1. The van der Waals surface area contributed by atoms with Gasteiger partial charge in [-0.3, -0.25) is 9.79 Å². The molecule has 6 heteroatoms. The van der Waals surface area contributed by atoms with Gasteiger partial charge in [-0.2, -0.15) is 0 Å². The lowest BCUT2D eigenvalue weighted by Crippen LogP contribution is -2.47. The molecular weight excluding hydrogens is 246 g/mol. The summed E-state index contributed by atoms with van der Waals surface area (Å²) in [7, 11) is 3.22. The van der Waals surface area contributed by atoms with Gasteiger partial charge in [-0.25, -0.2) is 0 Å². The van der Waals surface area contributed by atoms with Crippen LogP contribution in [0.5, 0.6) is 0 Å². The molecule has 0 aliphatic carbocycles. The van der Waals surface area contributed by atoms with Crippen molar-refractivity contribution in [2.45, 2.75) is 19.8 Å². The molecule has 1 aliphatic heterocycles. The summed E-state index contributed by atoms with van der Waals surface area (Å²) < 4.78 is 10.1. The first-order chi connectivity index (χ1) is 9.22. The lowest BCUT2D eigenvalue weighted by atomic mass is 9.97. The number of methoxy groups -OCH3 is 1. The van der Waals surface area contributed by atoms with Crippen LogP contribution in [-0.4, -0.2) is 63.8 Å². The zero-order chi connectivity index (χ0) is 14.1. The van der Waals surface area contributed by atoms with Gasteiger partial charge in [0.2, 0.25) is 0 Å². The first-order valence-electron chi connectivity index (χ1n) is 6.84. The smallest absolute Gasteiger partial charge is 0.308 e. The van der Waals surface area contributed by atoms with Crippen LogP contribution >= 0.6 is 0 Å². The van der Waals surface area contributed by atoms with E-state index in [4.69, 9.17) is 9.47 Å². The van der Waals surface area contributed by atoms with Crippen molar-refractivity contribution in [2.24, 2.45) is 10.9 Å². The number of likely N-dealkylation sites (tertiary alicyclic amines) is 1. The molecule has 0 unspecified atom stereocenters. The van der Waals surface area contributed by atoms with E-state index in [1.807, 2.05) is 6.92 Å².